The lowest BCUT2D eigenvalue weighted by molar-refractivity contribution is -0.137. The molecule has 5 heteroatoms. The van der Waals surface area contributed by atoms with Gasteiger partial charge in [0.15, 0.2) is 0 Å². The van der Waals surface area contributed by atoms with Gasteiger partial charge in [0, 0.05) is 22.6 Å². The van der Waals surface area contributed by atoms with Crippen LogP contribution in [0, 0.1) is 13.8 Å². The summed E-state index contributed by atoms with van der Waals surface area (Å²) in [6, 6.07) is 3.63. The molecule has 20 heavy (non-hydrogen) atoms. The fourth-order valence-corrected chi connectivity index (χ4v) is 3.14. The zero-order chi connectivity index (χ0) is 14.9. The van der Waals surface area contributed by atoms with E-state index in [1.54, 1.807) is 4.90 Å². The summed E-state index contributed by atoms with van der Waals surface area (Å²) in [6.07, 6.45) is 1.67. The SMILES string of the molecule is Cc1cc(C(=O)N2CCCC2CC(=O)O)c(C)cc1Br. The fraction of sp³-hybridized carbons (Fsp3) is 0.467. The summed E-state index contributed by atoms with van der Waals surface area (Å²) in [5.74, 6) is -0.903. The quantitative estimate of drug-likeness (QED) is 0.920. The molecule has 1 aromatic carbocycles. The van der Waals surface area contributed by atoms with Crippen molar-refractivity contribution in [2.45, 2.75) is 39.2 Å². The fourth-order valence-electron chi connectivity index (χ4n) is 2.68. The molecule has 1 saturated heterocycles. The first kappa shape index (κ1) is 15.0. The van der Waals surface area contributed by atoms with Crippen LogP contribution in [0.25, 0.3) is 0 Å². The van der Waals surface area contributed by atoms with Crippen molar-refractivity contribution in [3.63, 3.8) is 0 Å². The van der Waals surface area contributed by atoms with Crippen molar-refractivity contribution in [3.8, 4) is 0 Å². The first-order chi connectivity index (χ1) is 9.40. The molecule has 4 nitrogen and oxygen atoms in total. The number of rotatable bonds is 3. The Bertz CT molecular complexity index is 556. The lowest BCUT2D eigenvalue weighted by Gasteiger charge is -2.24. The molecule has 0 bridgehead atoms. The number of amides is 1. The summed E-state index contributed by atoms with van der Waals surface area (Å²) in [6.45, 7) is 4.49. The lowest BCUT2D eigenvalue weighted by Crippen LogP contribution is -2.37. The Morgan fingerprint density at radius 1 is 1.35 bits per heavy atom. The predicted molar refractivity (Wildman–Crippen MR) is 79.9 cm³/mol. The second-order valence-corrected chi connectivity index (χ2v) is 6.16. The average molecular weight is 340 g/mol. The number of aliphatic carboxylic acids is 1. The van der Waals surface area contributed by atoms with Gasteiger partial charge in [-0.2, -0.15) is 0 Å². The van der Waals surface area contributed by atoms with Gasteiger partial charge in [0.25, 0.3) is 5.91 Å². The van der Waals surface area contributed by atoms with Crippen LogP contribution < -0.4 is 0 Å². The average Bonchev–Trinajstić information content (AvgIpc) is 2.80. The molecule has 0 radical (unpaired) electrons. The van der Waals surface area contributed by atoms with Crippen molar-refractivity contribution in [1.29, 1.82) is 0 Å². The van der Waals surface area contributed by atoms with Gasteiger partial charge in [-0.3, -0.25) is 9.59 Å². The van der Waals surface area contributed by atoms with Crippen molar-refractivity contribution >= 4 is 27.8 Å². The van der Waals surface area contributed by atoms with E-state index in [0.717, 1.165) is 28.4 Å². The highest BCUT2D eigenvalue weighted by Gasteiger charge is 2.31. The van der Waals surface area contributed by atoms with Crippen LogP contribution >= 0.6 is 15.9 Å². The maximum absolute atomic E-state index is 12.6. The third kappa shape index (κ3) is 3.03. The third-order valence-electron chi connectivity index (χ3n) is 3.78. The van der Waals surface area contributed by atoms with Crippen LogP contribution in [0.1, 0.15) is 40.7 Å². The minimum atomic E-state index is -0.849. The van der Waals surface area contributed by atoms with Crippen LogP contribution in [0.3, 0.4) is 0 Å². The summed E-state index contributed by atoms with van der Waals surface area (Å²) in [7, 11) is 0. The molecule has 1 heterocycles. The first-order valence-electron chi connectivity index (χ1n) is 6.69. The second kappa shape index (κ2) is 5.95. The molecule has 1 amide bonds. The van der Waals surface area contributed by atoms with E-state index in [1.807, 2.05) is 26.0 Å². The summed E-state index contributed by atoms with van der Waals surface area (Å²) in [5, 5.41) is 8.93. The largest absolute Gasteiger partial charge is 0.481 e. The van der Waals surface area contributed by atoms with E-state index < -0.39 is 5.97 Å². The van der Waals surface area contributed by atoms with Crippen molar-refractivity contribution in [2.24, 2.45) is 0 Å². The Morgan fingerprint density at radius 3 is 2.70 bits per heavy atom. The molecule has 0 spiro atoms. The van der Waals surface area contributed by atoms with Crippen LogP contribution in [0.2, 0.25) is 0 Å². The number of likely N-dealkylation sites (tertiary alicyclic amines) is 1. The molecule has 1 N–H and O–H groups in total. The highest BCUT2D eigenvalue weighted by molar-refractivity contribution is 9.10. The van der Waals surface area contributed by atoms with E-state index >= 15 is 0 Å². The van der Waals surface area contributed by atoms with E-state index in [4.69, 9.17) is 5.11 Å². The van der Waals surface area contributed by atoms with Crippen LogP contribution in [0.15, 0.2) is 16.6 Å². The maximum Gasteiger partial charge on any atom is 0.305 e. The first-order valence-corrected chi connectivity index (χ1v) is 7.49. The number of nitrogens with zero attached hydrogens (tertiary/aromatic N) is 1. The van der Waals surface area contributed by atoms with Crippen LogP contribution in [-0.2, 0) is 4.79 Å². The molecular weight excluding hydrogens is 322 g/mol. The topological polar surface area (TPSA) is 57.6 Å². The summed E-state index contributed by atoms with van der Waals surface area (Å²) < 4.78 is 0.982. The number of hydrogen-bond donors (Lipinski definition) is 1. The molecule has 1 aromatic rings. The van der Waals surface area contributed by atoms with Crippen molar-refractivity contribution < 1.29 is 14.7 Å². The number of aryl methyl sites for hydroxylation is 2. The van der Waals surface area contributed by atoms with Crippen molar-refractivity contribution in [1.82, 2.24) is 4.90 Å². The minimum absolute atomic E-state index is 0.0281. The van der Waals surface area contributed by atoms with Gasteiger partial charge in [-0.25, -0.2) is 0 Å². The van der Waals surface area contributed by atoms with Gasteiger partial charge in [0.1, 0.15) is 0 Å². The Morgan fingerprint density at radius 2 is 2.05 bits per heavy atom. The van der Waals surface area contributed by atoms with Gasteiger partial charge < -0.3 is 10.0 Å². The van der Waals surface area contributed by atoms with Gasteiger partial charge in [0.05, 0.1) is 6.42 Å². The lowest BCUT2D eigenvalue weighted by atomic mass is 10.0. The third-order valence-corrected chi connectivity index (χ3v) is 4.64. The van der Waals surface area contributed by atoms with Gasteiger partial charge in [-0.15, -0.1) is 0 Å². The highest BCUT2D eigenvalue weighted by atomic mass is 79.9. The Balaban J connectivity index is 2.26. The molecule has 1 aliphatic rings. The molecule has 2 rings (SSSR count). The molecule has 1 unspecified atom stereocenters. The number of halogens is 1. The smallest absolute Gasteiger partial charge is 0.305 e. The van der Waals surface area contributed by atoms with Gasteiger partial charge >= 0.3 is 5.97 Å². The summed E-state index contributed by atoms with van der Waals surface area (Å²) in [4.78, 5) is 25.2. The molecule has 0 saturated carbocycles. The normalized spacial score (nSPS) is 18.4. The molecule has 1 atom stereocenters. The number of carbonyl (C=O) groups excluding carboxylic acids is 1. The number of carboxylic acid groups (broad SMARTS) is 1. The molecule has 108 valence electrons. The van der Waals surface area contributed by atoms with Crippen LogP contribution in [0.5, 0.6) is 0 Å². The van der Waals surface area contributed by atoms with E-state index in [1.165, 1.54) is 0 Å². The number of hydrogen-bond acceptors (Lipinski definition) is 2. The zero-order valence-corrected chi connectivity index (χ0v) is 13.2. The molecule has 0 aromatic heterocycles. The van der Waals surface area contributed by atoms with E-state index in [9.17, 15) is 9.59 Å². The van der Waals surface area contributed by atoms with Gasteiger partial charge in [-0.05, 0) is 49.9 Å². The second-order valence-electron chi connectivity index (χ2n) is 5.31. The van der Waals surface area contributed by atoms with E-state index in [-0.39, 0.29) is 18.4 Å². The standard InChI is InChI=1S/C15H18BrNO3/c1-9-7-13(16)10(2)6-12(9)15(20)17-5-3-4-11(17)8-14(18)19/h6-7,11H,3-5,8H2,1-2H3,(H,18,19). The predicted octanol–water partition coefficient (Wildman–Crippen LogP) is 3.15. The number of carboxylic acids is 1. The Hall–Kier alpha value is -1.36. The summed E-state index contributed by atoms with van der Waals surface area (Å²) >= 11 is 3.45. The molecule has 0 aliphatic carbocycles. The maximum atomic E-state index is 12.6. The Kier molecular flexibility index (Phi) is 4.48. The monoisotopic (exact) mass is 339 g/mol. The minimum Gasteiger partial charge on any atom is -0.481 e. The molecular formula is C15H18BrNO3. The summed E-state index contributed by atoms with van der Waals surface area (Å²) in [5.41, 5.74) is 2.59. The Labute approximate surface area is 126 Å². The van der Waals surface area contributed by atoms with Gasteiger partial charge in [-0.1, -0.05) is 15.9 Å². The molecule has 1 fully saturated rings. The van der Waals surface area contributed by atoms with Crippen LogP contribution in [-0.4, -0.2) is 34.5 Å². The van der Waals surface area contributed by atoms with E-state index in [0.29, 0.717) is 12.1 Å². The van der Waals surface area contributed by atoms with Crippen molar-refractivity contribution in [2.75, 3.05) is 6.54 Å². The zero-order valence-electron chi connectivity index (χ0n) is 11.6. The van der Waals surface area contributed by atoms with Crippen molar-refractivity contribution in [3.05, 3.63) is 33.3 Å². The highest BCUT2D eigenvalue weighted by Crippen LogP contribution is 2.26. The van der Waals surface area contributed by atoms with Gasteiger partial charge in [0.2, 0.25) is 0 Å². The number of carbonyl (C=O) groups is 2. The van der Waals surface area contributed by atoms with E-state index in [2.05, 4.69) is 15.9 Å². The van der Waals surface area contributed by atoms with Crippen LogP contribution in [0.4, 0.5) is 0 Å². The number of benzene rings is 1. The molecule has 1 aliphatic heterocycles.